The molecule has 0 aliphatic heterocycles. The van der Waals surface area contributed by atoms with Gasteiger partial charge in [0.2, 0.25) is 0 Å². The van der Waals surface area contributed by atoms with Gasteiger partial charge in [-0.2, -0.15) is 0 Å². The number of nitrogens with one attached hydrogen (secondary N) is 1. The zero-order valence-corrected chi connectivity index (χ0v) is 10.9. The van der Waals surface area contributed by atoms with Crippen molar-refractivity contribution in [2.24, 2.45) is 10.7 Å². The number of nitrogens with zero attached hydrogens (tertiary/aromatic N) is 1. The number of aliphatic imine (C=N–C) groups is 1. The molecule has 1 rings (SSSR count). The molecule has 3 N–H and O–H groups in total. The molecule has 0 aliphatic rings. The van der Waals surface area contributed by atoms with Crippen molar-refractivity contribution in [3.63, 3.8) is 0 Å². The van der Waals surface area contributed by atoms with Gasteiger partial charge < -0.3 is 11.1 Å². The number of hydrogen-bond acceptors (Lipinski definition) is 1. The Morgan fingerprint density at radius 1 is 1.35 bits per heavy atom. The Morgan fingerprint density at radius 2 is 2.00 bits per heavy atom. The van der Waals surface area contributed by atoms with Crippen LogP contribution in [0.25, 0.3) is 0 Å². The minimum atomic E-state index is 0.415. The summed E-state index contributed by atoms with van der Waals surface area (Å²) in [5.41, 5.74) is 6.67. The van der Waals surface area contributed by atoms with Crippen molar-refractivity contribution in [2.45, 2.75) is 6.42 Å². The van der Waals surface area contributed by atoms with Gasteiger partial charge in [-0.3, -0.25) is 4.99 Å². The molecule has 0 aromatic heterocycles. The summed E-state index contributed by atoms with van der Waals surface area (Å²) in [6.07, 6.45) is 2.47. The highest BCUT2D eigenvalue weighted by Gasteiger charge is 1.98. The molecule has 0 aliphatic carbocycles. The fourth-order valence-electron chi connectivity index (χ4n) is 1.29. The molecule has 17 heavy (non-hydrogen) atoms. The normalized spacial score (nSPS) is 11.3. The Kier molecular flexibility index (Phi) is 5.87. The molecule has 0 bridgehead atoms. The first-order chi connectivity index (χ1) is 8.11. The summed E-state index contributed by atoms with van der Waals surface area (Å²) in [5.74, 6) is 0.415. The fraction of sp³-hybridized carbons (Fsp3) is 0.250. The Hall–Kier alpha value is -1.19. The fourth-order valence-corrected chi connectivity index (χ4v) is 1.86. The Balaban J connectivity index is 2.47. The monoisotopic (exact) mass is 271 g/mol. The molecule has 0 spiro atoms. The lowest BCUT2D eigenvalue weighted by atomic mass is 10.1. The molecule has 0 saturated carbocycles. The van der Waals surface area contributed by atoms with E-state index in [1.165, 1.54) is 0 Å². The SMILES string of the molecule is C=CCNC(N)=NCCc1cc(Cl)cc(Cl)c1. The van der Waals surface area contributed by atoms with E-state index in [9.17, 15) is 0 Å². The van der Waals surface area contributed by atoms with E-state index in [0.717, 1.165) is 12.0 Å². The van der Waals surface area contributed by atoms with Crippen molar-refractivity contribution in [1.29, 1.82) is 0 Å². The topological polar surface area (TPSA) is 50.4 Å². The quantitative estimate of drug-likeness (QED) is 0.492. The average Bonchev–Trinajstić information content (AvgIpc) is 2.25. The maximum Gasteiger partial charge on any atom is 0.188 e. The zero-order valence-electron chi connectivity index (χ0n) is 9.42. The maximum atomic E-state index is 5.89. The van der Waals surface area contributed by atoms with Crippen LogP contribution in [0.15, 0.2) is 35.8 Å². The van der Waals surface area contributed by atoms with Crippen molar-refractivity contribution < 1.29 is 0 Å². The van der Waals surface area contributed by atoms with Gasteiger partial charge in [-0.15, -0.1) is 6.58 Å². The van der Waals surface area contributed by atoms with Gasteiger partial charge in [-0.1, -0.05) is 29.3 Å². The molecular weight excluding hydrogens is 257 g/mol. The van der Waals surface area contributed by atoms with Crippen molar-refractivity contribution in [3.8, 4) is 0 Å². The summed E-state index contributed by atoms with van der Waals surface area (Å²) >= 11 is 11.8. The molecule has 0 heterocycles. The van der Waals surface area contributed by atoms with Crippen LogP contribution in [0.1, 0.15) is 5.56 Å². The van der Waals surface area contributed by atoms with E-state index in [-0.39, 0.29) is 0 Å². The predicted octanol–water partition coefficient (Wildman–Crippen LogP) is 2.63. The highest BCUT2D eigenvalue weighted by atomic mass is 35.5. The molecular formula is C12H15Cl2N3. The molecule has 0 radical (unpaired) electrons. The molecule has 5 heteroatoms. The second kappa shape index (κ2) is 7.20. The lowest BCUT2D eigenvalue weighted by Crippen LogP contribution is -2.31. The summed E-state index contributed by atoms with van der Waals surface area (Å²) < 4.78 is 0. The van der Waals surface area contributed by atoms with Gasteiger partial charge in [0.05, 0.1) is 0 Å². The van der Waals surface area contributed by atoms with Crippen LogP contribution in [0.3, 0.4) is 0 Å². The zero-order chi connectivity index (χ0) is 12.7. The second-order valence-corrected chi connectivity index (χ2v) is 4.34. The van der Waals surface area contributed by atoms with Gasteiger partial charge in [0, 0.05) is 23.1 Å². The summed E-state index contributed by atoms with van der Waals surface area (Å²) in [5, 5.41) is 4.17. The predicted molar refractivity (Wildman–Crippen MR) is 74.9 cm³/mol. The van der Waals surface area contributed by atoms with Gasteiger partial charge in [-0.05, 0) is 30.2 Å². The molecule has 0 amide bonds. The molecule has 3 nitrogen and oxygen atoms in total. The van der Waals surface area contributed by atoms with Crippen molar-refractivity contribution in [2.75, 3.05) is 13.1 Å². The van der Waals surface area contributed by atoms with Gasteiger partial charge >= 0.3 is 0 Å². The Morgan fingerprint density at radius 3 is 2.59 bits per heavy atom. The smallest absolute Gasteiger partial charge is 0.188 e. The third-order valence-corrected chi connectivity index (χ3v) is 2.47. The highest BCUT2D eigenvalue weighted by molar-refractivity contribution is 6.34. The first-order valence-electron chi connectivity index (χ1n) is 5.21. The number of benzene rings is 1. The summed E-state index contributed by atoms with van der Waals surface area (Å²) in [7, 11) is 0. The van der Waals surface area contributed by atoms with Gasteiger partial charge in [0.1, 0.15) is 0 Å². The van der Waals surface area contributed by atoms with Crippen molar-refractivity contribution >= 4 is 29.2 Å². The molecule has 92 valence electrons. The maximum absolute atomic E-state index is 5.89. The first kappa shape index (κ1) is 13.9. The van der Waals surface area contributed by atoms with E-state index in [4.69, 9.17) is 28.9 Å². The number of halogens is 2. The molecule has 0 saturated heterocycles. The first-order valence-corrected chi connectivity index (χ1v) is 5.97. The Bertz CT molecular complexity index is 396. The number of guanidine groups is 1. The second-order valence-electron chi connectivity index (χ2n) is 3.46. The number of hydrogen-bond donors (Lipinski definition) is 2. The van der Waals surface area contributed by atoms with E-state index in [1.54, 1.807) is 12.1 Å². The van der Waals surface area contributed by atoms with Crippen LogP contribution >= 0.6 is 23.2 Å². The minimum absolute atomic E-state index is 0.415. The number of rotatable bonds is 5. The van der Waals surface area contributed by atoms with Crippen LogP contribution in [0.4, 0.5) is 0 Å². The van der Waals surface area contributed by atoms with Crippen LogP contribution in [0, 0.1) is 0 Å². The van der Waals surface area contributed by atoms with Crippen LogP contribution in [0.5, 0.6) is 0 Å². The van der Waals surface area contributed by atoms with E-state index in [2.05, 4.69) is 16.9 Å². The van der Waals surface area contributed by atoms with Crippen LogP contribution in [-0.2, 0) is 6.42 Å². The van der Waals surface area contributed by atoms with Gasteiger partial charge in [0.25, 0.3) is 0 Å². The average molecular weight is 272 g/mol. The number of nitrogens with two attached hydrogens (primary N) is 1. The third-order valence-electron chi connectivity index (χ3n) is 2.03. The van der Waals surface area contributed by atoms with E-state index in [1.807, 2.05) is 12.1 Å². The molecule has 1 aromatic carbocycles. The van der Waals surface area contributed by atoms with Crippen molar-refractivity contribution in [1.82, 2.24) is 5.32 Å². The third kappa shape index (κ3) is 5.61. The van der Waals surface area contributed by atoms with Crippen molar-refractivity contribution in [3.05, 3.63) is 46.5 Å². The summed E-state index contributed by atoms with van der Waals surface area (Å²) in [6, 6.07) is 5.45. The minimum Gasteiger partial charge on any atom is -0.370 e. The van der Waals surface area contributed by atoms with E-state index in [0.29, 0.717) is 29.1 Å². The molecule has 0 fully saturated rings. The lowest BCUT2D eigenvalue weighted by Gasteiger charge is -2.03. The van der Waals surface area contributed by atoms with Crippen LogP contribution in [0.2, 0.25) is 10.0 Å². The largest absolute Gasteiger partial charge is 0.370 e. The van der Waals surface area contributed by atoms with Gasteiger partial charge in [0.15, 0.2) is 5.96 Å². The van der Waals surface area contributed by atoms with Gasteiger partial charge in [-0.25, -0.2) is 0 Å². The Labute approximate surface area is 111 Å². The van der Waals surface area contributed by atoms with E-state index >= 15 is 0 Å². The van der Waals surface area contributed by atoms with E-state index < -0.39 is 0 Å². The summed E-state index contributed by atoms with van der Waals surface area (Å²) in [4.78, 5) is 4.17. The van der Waals surface area contributed by atoms with Crippen LogP contribution < -0.4 is 11.1 Å². The molecule has 1 aromatic rings. The lowest BCUT2D eigenvalue weighted by molar-refractivity contribution is 0.930. The van der Waals surface area contributed by atoms with Crippen LogP contribution in [-0.4, -0.2) is 19.0 Å². The highest BCUT2D eigenvalue weighted by Crippen LogP contribution is 2.19. The standard InChI is InChI=1S/C12H15Cl2N3/c1-2-4-16-12(15)17-5-3-9-6-10(13)8-11(14)7-9/h2,6-8H,1,3-5H2,(H3,15,16,17). The molecule has 0 unspecified atom stereocenters. The molecule has 0 atom stereocenters. The summed E-state index contributed by atoms with van der Waals surface area (Å²) in [6.45, 7) is 4.78.